The number of allylic oxidation sites excluding steroid dienone is 4. The van der Waals surface area contributed by atoms with Gasteiger partial charge in [0, 0.05) is 0 Å². The lowest BCUT2D eigenvalue weighted by Crippen LogP contribution is -2.44. The Morgan fingerprint density at radius 2 is 1.41 bits per heavy atom. The molecule has 1 heteroatoms. The molecular formula is C26H25Si. The second kappa shape index (κ2) is 7.94. The highest BCUT2D eigenvalue weighted by molar-refractivity contribution is 6.91. The fraction of sp³-hybridized carbons (Fsp3) is 0.154. The van der Waals surface area contributed by atoms with Crippen LogP contribution in [0.3, 0.4) is 0 Å². The van der Waals surface area contributed by atoms with Crippen LogP contribution < -0.4 is 10.4 Å². The molecule has 0 saturated heterocycles. The largest absolute Gasteiger partial charge is 0.154 e. The van der Waals surface area contributed by atoms with Gasteiger partial charge in [-0.2, -0.15) is 0 Å². The first-order valence-electron chi connectivity index (χ1n) is 9.75. The predicted molar refractivity (Wildman–Crippen MR) is 119 cm³/mol. The van der Waals surface area contributed by atoms with Crippen molar-refractivity contribution in [3.8, 4) is 0 Å². The summed E-state index contributed by atoms with van der Waals surface area (Å²) < 4.78 is 0. The number of rotatable bonds is 5. The van der Waals surface area contributed by atoms with Crippen molar-refractivity contribution < 1.29 is 0 Å². The lowest BCUT2D eigenvalue weighted by atomic mass is 9.98. The minimum atomic E-state index is -0.984. The van der Waals surface area contributed by atoms with E-state index in [0.717, 1.165) is 12.8 Å². The summed E-state index contributed by atoms with van der Waals surface area (Å²) in [6.07, 6.45) is 4.64. The zero-order valence-corrected chi connectivity index (χ0v) is 17.1. The Morgan fingerprint density at radius 3 is 1.96 bits per heavy atom. The molecule has 0 spiro atoms. The SMILES string of the molecule is CCC1=C(c2cccc(C)c2)CC=C1[Si](c1ccccc1)c1ccccc1. The molecule has 0 saturated carbocycles. The lowest BCUT2D eigenvalue weighted by Gasteiger charge is -2.21. The summed E-state index contributed by atoms with van der Waals surface area (Å²) in [6, 6.07) is 31.1. The highest BCUT2D eigenvalue weighted by Gasteiger charge is 2.28. The monoisotopic (exact) mass is 365 g/mol. The van der Waals surface area contributed by atoms with E-state index in [1.54, 1.807) is 10.8 Å². The fourth-order valence-corrected chi connectivity index (χ4v) is 7.02. The molecule has 0 heterocycles. The van der Waals surface area contributed by atoms with Crippen LogP contribution in [0.5, 0.6) is 0 Å². The molecule has 0 aromatic heterocycles. The molecule has 0 unspecified atom stereocenters. The first-order valence-corrected chi connectivity index (χ1v) is 11.3. The molecule has 0 fully saturated rings. The van der Waals surface area contributed by atoms with Crippen LogP contribution in [-0.4, -0.2) is 8.80 Å². The summed E-state index contributed by atoms with van der Waals surface area (Å²) in [4.78, 5) is 0. The third-order valence-electron chi connectivity index (χ3n) is 5.31. The Morgan fingerprint density at radius 1 is 0.778 bits per heavy atom. The summed E-state index contributed by atoms with van der Waals surface area (Å²) >= 11 is 0. The second-order valence-corrected chi connectivity index (χ2v) is 9.55. The Kier molecular flexibility index (Phi) is 5.22. The molecule has 4 rings (SSSR count). The van der Waals surface area contributed by atoms with Crippen molar-refractivity contribution in [2.45, 2.75) is 26.7 Å². The zero-order chi connectivity index (χ0) is 18.6. The lowest BCUT2D eigenvalue weighted by molar-refractivity contribution is 1.15. The first-order chi connectivity index (χ1) is 13.3. The quantitative estimate of drug-likeness (QED) is 0.536. The van der Waals surface area contributed by atoms with E-state index in [-0.39, 0.29) is 0 Å². The van der Waals surface area contributed by atoms with Crippen LogP contribution in [0.2, 0.25) is 0 Å². The molecule has 0 amide bonds. The molecule has 1 aliphatic carbocycles. The van der Waals surface area contributed by atoms with Gasteiger partial charge in [0.15, 0.2) is 8.80 Å². The third-order valence-corrected chi connectivity index (χ3v) is 8.18. The molecule has 0 aliphatic heterocycles. The Hall–Kier alpha value is -2.64. The molecule has 0 atom stereocenters. The van der Waals surface area contributed by atoms with E-state index < -0.39 is 8.80 Å². The molecule has 133 valence electrons. The van der Waals surface area contributed by atoms with Crippen LogP contribution >= 0.6 is 0 Å². The van der Waals surface area contributed by atoms with Gasteiger partial charge in [0.05, 0.1) is 0 Å². The van der Waals surface area contributed by atoms with Gasteiger partial charge in [-0.05, 0) is 36.5 Å². The maximum atomic E-state index is 2.50. The van der Waals surface area contributed by atoms with Crippen molar-refractivity contribution in [3.05, 3.63) is 113 Å². The normalized spacial score (nSPS) is 14.0. The number of hydrogen-bond donors (Lipinski definition) is 0. The van der Waals surface area contributed by atoms with E-state index in [1.807, 2.05) is 0 Å². The van der Waals surface area contributed by atoms with Gasteiger partial charge in [-0.3, -0.25) is 0 Å². The molecule has 27 heavy (non-hydrogen) atoms. The van der Waals surface area contributed by atoms with Gasteiger partial charge < -0.3 is 0 Å². The van der Waals surface area contributed by atoms with E-state index in [2.05, 4.69) is 105 Å². The Labute approximate surface area is 164 Å². The summed E-state index contributed by atoms with van der Waals surface area (Å²) in [5.74, 6) is 0. The van der Waals surface area contributed by atoms with Gasteiger partial charge >= 0.3 is 0 Å². The van der Waals surface area contributed by atoms with Gasteiger partial charge in [0.2, 0.25) is 0 Å². The number of aryl methyl sites for hydroxylation is 1. The predicted octanol–water partition coefficient (Wildman–Crippen LogP) is 5.34. The van der Waals surface area contributed by atoms with Crippen molar-refractivity contribution >= 4 is 24.7 Å². The maximum Gasteiger partial charge on any atom is 0.154 e. The van der Waals surface area contributed by atoms with Crippen LogP contribution in [0.4, 0.5) is 0 Å². The van der Waals surface area contributed by atoms with Crippen molar-refractivity contribution in [1.29, 1.82) is 0 Å². The molecule has 0 nitrogen and oxygen atoms in total. The van der Waals surface area contributed by atoms with Gasteiger partial charge in [-0.1, -0.05) is 119 Å². The summed E-state index contributed by atoms with van der Waals surface area (Å²) in [6.45, 7) is 4.49. The number of hydrogen-bond acceptors (Lipinski definition) is 0. The highest BCUT2D eigenvalue weighted by Crippen LogP contribution is 2.36. The van der Waals surface area contributed by atoms with E-state index in [1.165, 1.54) is 27.1 Å². The molecule has 3 aromatic carbocycles. The van der Waals surface area contributed by atoms with Gasteiger partial charge in [0.25, 0.3) is 0 Å². The third kappa shape index (κ3) is 3.61. The molecule has 0 bridgehead atoms. The van der Waals surface area contributed by atoms with Crippen LogP contribution in [0.15, 0.2) is 102 Å². The fourth-order valence-electron chi connectivity index (χ4n) is 4.08. The average molecular weight is 366 g/mol. The van der Waals surface area contributed by atoms with Gasteiger partial charge in [-0.25, -0.2) is 0 Å². The Bertz CT molecular complexity index is 941. The van der Waals surface area contributed by atoms with E-state index in [4.69, 9.17) is 0 Å². The number of benzene rings is 3. The summed E-state index contributed by atoms with van der Waals surface area (Å²) in [5.41, 5.74) is 5.80. The summed E-state index contributed by atoms with van der Waals surface area (Å²) in [7, 11) is -0.984. The zero-order valence-electron chi connectivity index (χ0n) is 16.1. The van der Waals surface area contributed by atoms with Crippen LogP contribution in [-0.2, 0) is 0 Å². The Balaban J connectivity index is 1.83. The van der Waals surface area contributed by atoms with Crippen molar-refractivity contribution in [3.63, 3.8) is 0 Å². The first kappa shape index (κ1) is 17.8. The topological polar surface area (TPSA) is 0 Å². The van der Waals surface area contributed by atoms with Gasteiger partial charge in [-0.15, -0.1) is 0 Å². The van der Waals surface area contributed by atoms with Crippen molar-refractivity contribution in [2.24, 2.45) is 0 Å². The molecule has 1 radical (unpaired) electrons. The smallest absolute Gasteiger partial charge is 0.0800 e. The van der Waals surface area contributed by atoms with E-state index in [0.29, 0.717) is 0 Å². The molecule has 3 aromatic rings. The van der Waals surface area contributed by atoms with Crippen LogP contribution in [0.1, 0.15) is 30.9 Å². The standard InChI is InChI=1S/C26H25Si/c1-3-24-25(21-12-10-11-20(2)19-21)17-18-26(24)27(22-13-6-4-7-14-22)23-15-8-5-9-16-23/h4-16,18-19H,3,17H2,1-2H3. The van der Waals surface area contributed by atoms with Crippen LogP contribution in [0, 0.1) is 6.92 Å². The minimum absolute atomic E-state index is 0.984. The van der Waals surface area contributed by atoms with Crippen molar-refractivity contribution in [2.75, 3.05) is 0 Å². The van der Waals surface area contributed by atoms with Gasteiger partial charge in [0.1, 0.15) is 0 Å². The average Bonchev–Trinajstić information content (AvgIpc) is 3.13. The molecule has 1 aliphatic rings. The molecule has 0 N–H and O–H groups in total. The second-order valence-electron chi connectivity index (χ2n) is 7.11. The summed E-state index contributed by atoms with van der Waals surface area (Å²) in [5, 5.41) is 4.52. The van der Waals surface area contributed by atoms with E-state index >= 15 is 0 Å². The van der Waals surface area contributed by atoms with E-state index in [9.17, 15) is 0 Å². The minimum Gasteiger partial charge on any atom is -0.0800 e. The maximum absolute atomic E-state index is 2.50. The van der Waals surface area contributed by atoms with Crippen molar-refractivity contribution in [1.82, 2.24) is 0 Å². The molecular weight excluding hydrogens is 340 g/mol. The highest BCUT2D eigenvalue weighted by atomic mass is 28.3. The van der Waals surface area contributed by atoms with Crippen LogP contribution in [0.25, 0.3) is 5.57 Å².